The molecule has 27 heavy (non-hydrogen) atoms. The van der Waals surface area contributed by atoms with E-state index >= 15 is 0 Å². The Bertz CT molecular complexity index is 1140. The van der Waals surface area contributed by atoms with Gasteiger partial charge in [-0.1, -0.05) is 42.5 Å². The maximum Gasteiger partial charge on any atom is 0.387 e. The van der Waals surface area contributed by atoms with E-state index in [4.69, 9.17) is 9.72 Å². The van der Waals surface area contributed by atoms with Crippen LogP contribution in [0.25, 0.3) is 22.4 Å². The van der Waals surface area contributed by atoms with Crippen molar-refractivity contribution in [3.63, 3.8) is 0 Å². The number of rotatable bonds is 3. The van der Waals surface area contributed by atoms with Crippen molar-refractivity contribution >= 4 is 16.7 Å². The van der Waals surface area contributed by atoms with E-state index in [1.54, 1.807) is 18.2 Å². The van der Waals surface area contributed by atoms with Gasteiger partial charge in [-0.25, -0.2) is 4.98 Å². The number of halogens is 2. The van der Waals surface area contributed by atoms with Crippen molar-refractivity contribution in [3.05, 3.63) is 78.4 Å². The van der Waals surface area contributed by atoms with Crippen LogP contribution in [0.5, 0.6) is 5.75 Å². The molecular weight excluding hydrogens is 348 g/mol. The highest BCUT2D eigenvalue weighted by Crippen LogP contribution is 2.42. The second-order valence-corrected chi connectivity index (χ2v) is 6.30. The average molecular weight is 363 g/mol. The van der Waals surface area contributed by atoms with Gasteiger partial charge in [-0.3, -0.25) is 4.57 Å². The van der Waals surface area contributed by atoms with Gasteiger partial charge in [0, 0.05) is 16.8 Å². The monoisotopic (exact) mass is 363 g/mol. The zero-order valence-corrected chi connectivity index (χ0v) is 14.1. The first kappa shape index (κ1) is 15.8. The van der Waals surface area contributed by atoms with Gasteiger partial charge in [-0.2, -0.15) is 8.78 Å². The van der Waals surface area contributed by atoms with Crippen molar-refractivity contribution in [1.82, 2.24) is 9.55 Å². The SMILES string of the molecule is FC(F)Oc1ccccc1[C@H]1Nc2ccccc2-c2nc3ccccc3n21. The van der Waals surface area contributed by atoms with Crippen molar-refractivity contribution in [2.45, 2.75) is 12.8 Å². The molecule has 0 radical (unpaired) electrons. The number of benzene rings is 3. The summed E-state index contributed by atoms with van der Waals surface area (Å²) in [5, 5.41) is 3.46. The van der Waals surface area contributed by atoms with Crippen molar-refractivity contribution < 1.29 is 13.5 Å². The van der Waals surface area contributed by atoms with Crippen molar-refractivity contribution in [2.75, 3.05) is 5.32 Å². The number of nitrogens with zero attached hydrogens (tertiary/aromatic N) is 2. The number of aromatic nitrogens is 2. The van der Waals surface area contributed by atoms with Crippen LogP contribution in [-0.2, 0) is 0 Å². The molecule has 0 saturated heterocycles. The van der Waals surface area contributed by atoms with E-state index in [9.17, 15) is 8.78 Å². The molecule has 3 aromatic carbocycles. The summed E-state index contributed by atoms with van der Waals surface area (Å²) in [5.74, 6) is 0.940. The molecule has 1 aromatic heterocycles. The maximum absolute atomic E-state index is 12.9. The minimum atomic E-state index is -2.89. The molecule has 0 fully saturated rings. The standard InChI is InChI=1S/C21H15F2N3O/c22-21(23)27-18-12-6-2-8-14(18)20-24-15-9-3-1-7-13(15)19-25-16-10-4-5-11-17(16)26(19)20/h1-12,20-21,24H/t20-/m0/s1. The van der Waals surface area contributed by atoms with E-state index in [1.807, 2.05) is 59.2 Å². The minimum absolute atomic E-state index is 0.146. The maximum atomic E-state index is 12.9. The highest BCUT2D eigenvalue weighted by Gasteiger charge is 2.30. The largest absolute Gasteiger partial charge is 0.434 e. The van der Waals surface area contributed by atoms with E-state index in [0.717, 1.165) is 28.1 Å². The van der Waals surface area contributed by atoms with Crippen molar-refractivity contribution in [1.29, 1.82) is 0 Å². The lowest BCUT2D eigenvalue weighted by atomic mass is 10.0. The van der Waals surface area contributed by atoms with Crippen LogP contribution in [0.2, 0.25) is 0 Å². The smallest absolute Gasteiger partial charge is 0.387 e. The Kier molecular flexibility index (Phi) is 3.57. The second-order valence-electron chi connectivity index (χ2n) is 6.30. The fourth-order valence-corrected chi connectivity index (χ4v) is 3.64. The molecule has 5 rings (SSSR count). The van der Waals surface area contributed by atoms with Gasteiger partial charge in [0.05, 0.1) is 11.0 Å². The lowest BCUT2D eigenvalue weighted by molar-refractivity contribution is -0.0506. The van der Waals surface area contributed by atoms with Gasteiger partial charge in [0.15, 0.2) is 0 Å². The Balaban J connectivity index is 1.77. The molecule has 6 heteroatoms. The predicted molar refractivity (Wildman–Crippen MR) is 100 cm³/mol. The summed E-state index contributed by atoms with van der Waals surface area (Å²) >= 11 is 0. The van der Waals surface area contributed by atoms with E-state index < -0.39 is 12.8 Å². The summed E-state index contributed by atoms with van der Waals surface area (Å²) in [6.45, 7) is -2.89. The Morgan fingerprint density at radius 3 is 2.56 bits per heavy atom. The number of ether oxygens (including phenoxy) is 1. The third-order valence-electron chi connectivity index (χ3n) is 4.74. The first-order valence-corrected chi connectivity index (χ1v) is 8.59. The van der Waals surface area contributed by atoms with E-state index in [1.165, 1.54) is 0 Å². The lowest BCUT2D eigenvalue weighted by Crippen LogP contribution is -2.25. The van der Waals surface area contributed by atoms with Gasteiger partial charge >= 0.3 is 6.61 Å². The quantitative estimate of drug-likeness (QED) is 0.538. The van der Waals surface area contributed by atoms with Crippen LogP contribution in [0.15, 0.2) is 72.8 Å². The van der Waals surface area contributed by atoms with Gasteiger partial charge in [0.1, 0.15) is 17.7 Å². The molecule has 1 N–H and O–H groups in total. The number of para-hydroxylation sites is 4. The van der Waals surface area contributed by atoms with Crippen LogP contribution >= 0.6 is 0 Å². The molecule has 0 amide bonds. The number of hydrogen-bond acceptors (Lipinski definition) is 3. The number of fused-ring (bicyclic) bond motifs is 5. The minimum Gasteiger partial charge on any atom is -0.434 e. The van der Waals surface area contributed by atoms with Crippen LogP contribution in [0, 0.1) is 0 Å². The molecule has 0 aliphatic carbocycles. The molecule has 2 heterocycles. The lowest BCUT2D eigenvalue weighted by Gasteiger charge is -2.31. The number of anilines is 1. The fourth-order valence-electron chi connectivity index (χ4n) is 3.64. The van der Waals surface area contributed by atoms with Crippen molar-refractivity contribution in [3.8, 4) is 17.1 Å². The third-order valence-corrected chi connectivity index (χ3v) is 4.74. The van der Waals surface area contributed by atoms with E-state index in [2.05, 4.69) is 5.32 Å². The van der Waals surface area contributed by atoms with E-state index in [-0.39, 0.29) is 5.75 Å². The van der Waals surface area contributed by atoms with E-state index in [0.29, 0.717) is 5.56 Å². The van der Waals surface area contributed by atoms with Crippen LogP contribution < -0.4 is 10.1 Å². The molecule has 1 aliphatic heterocycles. The molecular formula is C21H15F2N3O. The summed E-state index contributed by atoms with van der Waals surface area (Å²) < 4.78 is 32.7. The Morgan fingerprint density at radius 1 is 0.926 bits per heavy atom. The highest BCUT2D eigenvalue weighted by atomic mass is 19.3. The number of nitrogens with one attached hydrogen (secondary N) is 1. The topological polar surface area (TPSA) is 39.1 Å². The zero-order chi connectivity index (χ0) is 18.4. The average Bonchev–Trinajstić information content (AvgIpc) is 3.07. The first-order valence-electron chi connectivity index (χ1n) is 8.59. The summed E-state index contributed by atoms with van der Waals surface area (Å²) in [6.07, 6.45) is -0.419. The third kappa shape index (κ3) is 2.52. The number of alkyl halides is 2. The molecule has 0 spiro atoms. The van der Waals surface area contributed by atoms with Crippen molar-refractivity contribution in [2.24, 2.45) is 0 Å². The van der Waals surface area contributed by atoms with Crippen LogP contribution in [-0.4, -0.2) is 16.2 Å². The van der Waals surface area contributed by atoms with Crippen LogP contribution in [0.3, 0.4) is 0 Å². The summed E-state index contributed by atoms with van der Waals surface area (Å²) in [6, 6.07) is 22.5. The molecule has 0 bridgehead atoms. The summed E-state index contributed by atoms with van der Waals surface area (Å²) in [5.41, 5.74) is 4.26. The highest BCUT2D eigenvalue weighted by molar-refractivity contribution is 5.86. The molecule has 4 aromatic rings. The first-order chi connectivity index (χ1) is 13.2. The Hall–Kier alpha value is -3.41. The predicted octanol–water partition coefficient (Wildman–Crippen LogP) is 5.28. The second kappa shape index (κ2) is 6.09. The van der Waals surface area contributed by atoms with Crippen LogP contribution in [0.1, 0.15) is 11.7 Å². The molecule has 4 nitrogen and oxygen atoms in total. The molecule has 1 aliphatic rings. The molecule has 0 unspecified atom stereocenters. The van der Waals surface area contributed by atoms with Gasteiger partial charge < -0.3 is 10.1 Å². The summed E-state index contributed by atoms with van der Waals surface area (Å²) in [7, 11) is 0. The van der Waals surface area contributed by atoms with Gasteiger partial charge in [-0.05, 0) is 30.3 Å². The molecule has 1 atom stereocenters. The summed E-state index contributed by atoms with van der Waals surface area (Å²) in [4.78, 5) is 4.79. The normalized spacial score (nSPS) is 15.3. The Labute approximate surface area is 154 Å². The number of imidazole rings is 1. The molecule has 0 saturated carbocycles. The fraction of sp³-hybridized carbons (Fsp3) is 0.0952. The van der Waals surface area contributed by atoms with Crippen LogP contribution in [0.4, 0.5) is 14.5 Å². The van der Waals surface area contributed by atoms with Gasteiger partial charge in [-0.15, -0.1) is 0 Å². The van der Waals surface area contributed by atoms with Gasteiger partial charge in [0.25, 0.3) is 0 Å². The molecule has 134 valence electrons. The zero-order valence-electron chi connectivity index (χ0n) is 14.1. The van der Waals surface area contributed by atoms with Gasteiger partial charge in [0.2, 0.25) is 0 Å². The number of hydrogen-bond donors (Lipinski definition) is 1. The Morgan fingerprint density at radius 2 is 1.67 bits per heavy atom.